The lowest BCUT2D eigenvalue weighted by molar-refractivity contribution is 0.174. The highest BCUT2D eigenvalue weighted by Crippen LogP contribution is 2.17. The van der Waals surface area contributed by atoms with Crippen molar-refractivity contribution in [3.05, 3.63) is 11.6 Å². The number of rotatable bonds is 4. The van der Waals surface area contributed by atoms with Gasteiger partial charge in [0.05, 0.1) is 0 Å². The fraction of sp³-hybridized carbons (Fsp3) is 0.727. The van der Waals surface area contributed by atoms with Crippen LogP contribution in [0.3, 0.4) is 0 Å². The molecule has 17 heavy (non-hydrogen) atoms. The standard InChI is InChI=1S/C11H20N4O2/c1-6(2)7(3)14-15-10(8(4)16)12-13-11(15)9(5)17/h6,8-9,16-17H,1-5H3/b14-7+/t8-,9+. The minimum atomic E-state index is -0.779. The summed E-state index contributed by atoms with van der Waals surface area (Å²) in [4.78, 5) is 0. The zero-order valence-corrected chi connectivity index (χ0v) is 10.9. The Morgan fingerprint density at radius 2 is 1.47 bits per heavy atom. The minimum Gasteiger partial charge on any atom is -0.385 e. The molecular formula is C11H20N4O2. The number of aliphatic hydroxyl groups excluding tert-OH is 2. The average Bonchev–Trinajstić information content (AvgIpc) is 2.61. The Balaban J connectivity index is 3.27. The van der Waals surface area contributed by atoms with Crippen molar-refractivity contribution >= 4 is 5.71 Å². The van der Waals surface area contributed by atoms with Crippen LogP contribution in [0.25, 0.3) is 0 Å². The second-order valence-corrected chi connectivity index (χ2v) is 4.48. The third-order valence-corrected chi connectivity index (χ3v) is 2.53. The topological polar surface area (TPSA) is 83.5 Å². The van der Waals surface area contributed by atoms with Crippen LogP contribution in [0, 0.1) is 5.92 Å². The van der Waals surface area contributed by atoms with Crippen LogP contribution in [0.5, 0.6) is 0 Å². The maximum absolute atomic E-state index is 9.58. The minimum absolute atomic E-state index is 0.279. The lowest BCUT2D eigenvalue weighted by Crippen LogP contribution is -2.12. The lowest BCUT2D eigenvalue weighted by Gasteiger charge is -2.10. The van der Waals surface area contributed by atoms with Crippen molar-refractivity contribution in [2.24, 2.45) is 11.0 Å². The highest BCUT2D eigenvalue weighted by Gasteiger charge is 2.19. The molecule has 6 heteroatoms. The van der Waals surface area contributed by atoms with E-state index >= 15 is 0 Å². The van der Waals surface area contributed by atoms with Gasteiger partial charge in [0.1, 0.15) is 12.2 Å². The van der Waals surface area contributed by atoms with Gasteiger partial charge in [0, 0.05) is 5.71 Å². The molecule has 0 amide bonds. The van der Waals surface area contributed by atoms with Gasteiger partial charge in [0.2, 0.25) is 0 Å². The van der Waals surface area contributed by atoms with Crippen LogP contribution >= 0.6 is 0 Å². The van der Waals surface area contributed by atoms with E-state index in [0.29, 0.717) is 11.6 Å². The summed E-state index contributed by atoms with van der Waals surface area (Å²) in [5, 5.41) is 31.2. The van der Waals surface area contributed by atoms with Crippen LogP contribution in [-0.2, 0) is 0 Å². The van der Waals surface area contributed by atoms with Gasteiger partial charge in [-0.15, -0.1) is 10.2 Å². The molecule has 0 bridgehead atoms. The molecule has 0 unspecified atom stereocenters. The normalized spacial score (nSPS) is 16.4. The summed E-state index contributed by atoms with van der Waals surface area (Å²) in [5.74, 6) is 0.947. The predicted molar refractivity (Wildman–Crippen MR) is 64.6 cm³/mol. The number of hydrogen-bond donors (Lipinski definition) is 2. The van der Waals surface area contributed by atoms with Gasteiger partial charge < -0.3 is 10.2 Å². The molecule has 0 spiro atoms. The van der Waals surface area contributed by atoms with Crippen molar-refractivity contribution in [3.8, 4) is 0 Å². The van der Waals surface area contributed by atoms with Crippen molar-refractivity contribution in [1.82, 2.24) is 14.9 Å². The maximum atomic E-state index is 9.58. The van der Waals surface area contributed by atoms with Gasteiger partial charge in [0.25, 0.3) is 0 Å². The second-order valence-electron chi connectivity index (χ2n) is 4.48. The van der Waals surface area contributed by atoms with Crippen LogP contribution < -0.4 is 0 Å². The molecule has 0 saturated heterocycles. The largest absolute Gasteiger partial charge is 0.385 e. The monoisotopic (exact) mass is 240 g/mol. The van der Waals surface area contributed by atoms with Crippen LogP contribution in [-0.4, -0.2) is 30.8 Å². The van der Waals surface area contributed by atoms with Crippen molar-refractivity contribution in [1.29, 1.82) is 0 Å². The summed E-state index contributed by atoms with van der Waals surface area (Å²) in [7, 11) is 0. The zero-order chi connectivity index (χ0) is 13.2. The third kappa shape index (κ3) is 3.10. The van der Waals surface area contributed by atoms with Gasteiger partial charge in [-0.3, -0.25) is 0 Å². The smallest absolute Gasteiger partial charge is 0.182 e. The molecule has 0 aromatic carbocycles. The van der Waals surface area contributed by atoms with E-state index in [1.54, 1.807) is 13.8 Å². The third-order valence-electron chi connectivity index (χ3n) is 2.53. The molecule has 0 saturated carbocycles. The molecule has 1 aromatic rings. The summed E-state index contributed by atoms with van der Waals surface area (Å²) in [5.41, 5.74) is 0.883. The molecule has 0 fully saturated rings. The van der Waals surface area contributed by atoms with Crippen molar-refractivity contribution in [2.75, 3.05) is 0 Å². The van der Waals surface area contributed by atoms with Gasteiger partial charge >= 0.3 is 0 Å². The summed E-state index contributed by atoms with van der Waals surface area (Å²) in [6.07, 6.45) is -1.56. The van der Waals surface area contributed by atoms with Crippen molar-refractivity contribution < 1.29 is 10.2 Å². The molecule has 1 heterocycles. The number of aromatic nitrogens is 3. The van der Waals surface area contributed by atoms with Gasteiger partial charge in [-0.2, -0.15) is 9.78 Å². The van der Waals surface area contributed by atoms with E-state index in [4.69, 9.17) is 0 Å². The van der Waals surface area contributed by atoms with Gasteiger partial charge in [-0.05, 0) is 26.7 Å². The average molecular weight is 240 g/mol. The van der Waals surface area contributed by atoms with Crippen LogP contribution in [0.15, 0.2) is 5.10 Å². The first kappa shape index (κ1) is 13.8. The molecular weight excluding hydrogens is 220 g/mol. The quantitative estimate of drug-likeness (QED) is 0.776. The molecule has 96 valence electrons. The number of aliphatic hydroxyl groups is 2. The summed E-state index contributed by atoms with van der Waals surface area (Å²) < 4.78 is 1.42. The summed E-state index contributed by atoms with van der Waals surface area (Å²) in [6, 6.07) is 0. The Labute approximate surface area is 101 Å². The van der Waals surface area contributed by atoms with Gasteiger partial charge in [0.15, 0.2) is 11.6 Å². The first-order chi connectivity index (χ1) is 7.84. The first-order valence-electron chi connectivity index (χ1n) is 5.71. The molecule has 0 radical (unpaired) electrons. The molecule has 1 rings (SSSR count). The number of hydrogen-bond acceptors (Lipinski definition) is 5. The highest BCUT2D eigenvalue weighted by molar-refractivity contribution is 5.83. The Morgan fingerprint density at radius 3 is 1.76 bits per heavy atom. The Kier molecular flexibility index (Phi) is 4.36. The molecule has 0 aliphatic rings. The van der Waals surface area contributed by atoms with Crippen molar-refractivity contribution in [3.63, 3.8) is 0 Å². The summed E-state index contributed by atoms with van der Waals surface area (Å²) in [6.45, 7) is 9.11. The number of nitrogens with zero attached hydrogens (tertiary/aromatic N) is 4. The molecule has 0 aliphatic carbocycles. The molecule has 6 nitrogen and oxygen atoms in total. The van der Waals surface area contributed by atoms with Crippen LogP contribution in [0.1, 0.15) is 58.5 Å². The van der Waals surface area contributed by atoms with Gasteiger partial charge in [-0.1, -0.05) is 13.8 Å². The van der Waals surface area contributed by atoms with E-state index in [2.05, 4.69) is 15.3 Å². The van der Waals surface area contributed by atoms with E-state index in [1.807, 2.05) is 20.8 Å². The second kappa shape index (κ2) is 5.37. The van der Waals surface area contributed by atoms with E-state index in [9.17, 15) is 10.2 Å². The lowest BCUT2D eigenvalue weighted by atomic mass is 10.1. The molecule has 1 aromatic heterocycles. The highest BCUT2D eigenvalue weighted by atomic mass is 16.3. The van der Waals surface area contributed by atoms with Gasteiger partial charge in [-0.25, -0.2) is 0 Å². The fourth-order valence-electron chi connectivity index (χ4n) is 1.20. The van der Waals surface area contributed by atoms with Crippen LogP contribution in [0.2, 0.25) is 0 Å². The van der Waals surface area contributed by atoms with Crippen molar-refractivity contribution in [2.45, 2.75) is 46.8 Å². The first-order valence-corrected chi connectivity index (χ1v) is 5.71. The zero-order valence-electron chi connectivity index (χ0n) is 10.9. The maximum Gasteiger partial charge on any atom is 0.182 e. The van der Waals surface area contributed by atoms with E-state index in [1.165, 1.54) is 4.68 Å². The summed E-state index contributed by atoms with van der Waals surface area (Å²) >= 11 is 0. The van der Waals surface area contributed by atoms with E-state index in [0.717, 1.165) is 5.71 Å². The fourth-order valence-corrected chi connectivity index (χ4v) is 1.20. The van der Waals surface area contributed by atoms with E-state index in [-0.39, 0.29) is 5.92 Å². The molecule has 2 N–H and O–H groups in total. The Morgan fingerprint density at radius 1 is 1.06 bits per heavy atom. The molecule has 2 atom stereocenters. The SMILES string of the molecule is C/C(=N\n1c([C@H](C)O)nnc1[C@@H](C)O)C(C)C. The van der Waals surface area contributed by atoms with E-state index < -0.39 is 12.2 Å². The Bertz CT molecular complexity index is 382. The molecule has 0 aliphatic heterocycles. The predicted octanol–water partition coefficient (Wildman–Crippen LogP) is 1.26. The Hall–Kier alpha value is -1.27. The van der Waals surface area contributed by atoms with Crippen LogP contribution in [0.4, 0.5) is 0 Å².